The number of alkyl halides is 1. The van der Waals surface area contributed by atoms with Crippen molar-refractivity contribution >= 4 is 11.6 Å². The van der Waals surface area contributed by atoms with Crippen LogP contribution in [0.5, 0.6) is 0 Å². The molecule has 3 atom stereocenters. The van der Waals surface area contributed by atoms with Crippen LogP contribution in [0.1, 0.15) is 58.8 Å². The summed E-state index contributed by atoms with van der Waals surface area (Å²) in [4.78, 5) is 0. The quantitative estimate of drug-likeness (QED) is 0.470. The van der Waals surface area contributed by atoms with Gasteiger partial charge in [-0.2, -0.15) is 0 Å². The molecule has 2 heteroatoms. The maximum atomic E-state index is 6.41. The van der Waals surface area contributed by atoms with Gasteiger partial charge in [-0.1, -0.05) is 26.7 Å². The second-order valence-corrected chi connectivity index (χ2v) is 5.71. The minimum Gasteiger partial charge on any atom is -0.381 e. The molecule has 0 aliphatic heterocycles. The molecule has 1 aliphatic carbocycles. The molecule has 96 valence electrons. The van der Waals surface area contributed by atoms with Crippen LogP contribution in [-0.4, -0.2) is 18.6 Å². The van der Waals surface area contributed by atoms with Crippen molar-refractivity contribution in [3.63, 3.8) is 0 Å². The summed E-state index contributed by atoms with van der Waals surface area (Å²) in [5.41, 5.74) is 0. The fraction of sp³-hybridized carbons (Fsp3) is 1.00. The minimum atomic E-state index is 0.401. The third-order valence-corrected chi connectivity index (χ3v) is 4.25. The summed E-state index contributed by atoms with van der Waals surface area (Å²) in [7, 11) is 0. The third kappa shape index (κ3) is 5.05. The van der Waals surface area contributed by atoms with E-state index in [0.29, 0.717) is 11.3 Å². The SMILES string of the molecule is CCCOCCC1CC(CCC)CCC1Cl. The van der Waals surface area contributed by atoms with E-state index in [0.717, 1.165) is 32.0 Å². The number of rotatable bonds is 7. The van der Waals surface area contributed by atoms with E-state index >= 15 is 0 Å². The monoisotopic (exact) mass is 246 g/mol. The fourth-order valence-electron chi connectivity index (χ4n) is 2.77. The summed E-state index contributed by atoms with van der Waals surface area (Å²) < 4.78 is 5.57. The first-order valence-electron chi connectivity index (χ1n) is 6.99. The molecule has 0 heterocycles. The predicted molar refractivity (Wildman–Crippen MR) is 71.1 cm³/mol. The Hall–Kier alpha value is 0.250. The largest absolute Gasteiger partial charge is 0.381 e. The molecule has 0 aromatic heterocycles. The van der Waals surface area contributed by atoms with Gasteiger partial charge >= 0.3 is 0 Å². The number of ether oxygens (including phenoxy) is 1. The molecule has 1 aliphatic rings. The van der Waals surface area contributed by atoms with Gasteiger partial charge in [-0.25, -0.2) is 0 Å². The molecule has 0 aromatic rings. The zero-order valence-electron chi connectivity index (χ0n) is 10.9. The van der Waals surface area contributed by atoms with E-state index in [-0.39, 0.29) is 0 Å². The van der Waals surface area contributed by atoms with Crippen molar-refractivity contribution in [1.82, 2.24) is 0 Å². The molecule has 0 N–H and O–H groups in total. The second kappa shape index (κ2) is 8.36. The Kier molecular flexibility index (Phi) is 7.47. The molecule has 0 radical (unpaired) electrons. The topological polar surface area (TPSA) is 9.23 Å². The molecule has 1 rings (SSSR count). The van der Waals surface area contributed by atoms with Crippen molar-refractivity contribution in [2.24, 2.45) is 11.8 Å². The Morgan fingerprint density at radius 3 is 2.56 bits per heavy atom. The number of hydrogen-bond acceptors (Lipinski definition) is 1. The molecule has 3 unspecified atom stereocenters. The Bertz CT molecular complexity index is 172. The molecule has 1 fully saturated rings. The number of hydrogen-bond donors (Lipinski definition) is 0. The average molecular weight is 247 g/mol. The first-order valence-corrected chi connectivity index (χ1v) is 7.43. The average Bonchev–Trinajstić information content (AvgIpc) is 2.29. The van der Waals surface area contributed by atoms with E-state index in [9.17, 15) is 0 Å². The van der Waals surface area contributed by atoms with Gasteiger partial charge < -0.3 is 4.74 Å². The van der Waals surface area contributed by atoms with E-state index < -0.39 is 0 Å². The van der Waals surface area contributed by atoms with E-state index in [2.05, 4.69) is 13.8 Å². The normalized spacial score (nSPS) is 30.6. The maximum Gasteiger partial charge on any atom is 0.0469 e. The molecule has 1 saturated carbocycles. The van der Waals surface area contributed by atoms with Gasteiger partial charge in [0.2, 0.25) is 0 Å². The van der Waals surface area contributed by atoms with Gasteiger partial charge in [0, 0.05) is 18.6 Å². The molecule has 0 bridgehead atoms. The Labute approximate surface area is 106 Å². The van der Waals surface area contributed by atoms with Crippen LogP contribution in [-0.2, 0) is 4.74 Å². The maximum absolute atomic E-state index is 6.41. The lowest BCUT2D eigenvalue weighted by molar-refractivity contribution is 0.108. The van der Waals surface area contributed by atoms with E-state index in [1.165, 1.54) is 32.1 Å². The Morgan fingerprint density at radius 1 is 1.06 bits per heavy atom. The molecule has 0 spiro atoms. The highest BCUT2D eigenvalue weighted by molar-refractivity contribution is 6.20. The molecule has 16 heavy (non-hydrogen) atoms. The fourth-order valence-corrected chi connectivity index (χ4v) is 3.13. The second-order valence-electron chi connectivity index (χ2n) is 5.14. The zero-order chi connectivity index (χ0) is 11.8. The van der Waals surface area contributed by atoms with Crippen LogP contribution >= 0.6 is 11.6 Å². The van der Waals surface area contributed by atoms with Crippen LogP contribution in [0.25, 0.3) is 0 Å². The van der Waals surface area contributed by atoms with Crippen molar-refractivity contribution < 1.29 is 4.74 Å². The highest BCUT2D eigenvalue weighted by Crippen LogP contribution is 2.36. The van der Waals surface area contributed by atoms with E-state index in [1.807, 2.05) is 0 Å². The van der Waals surface area contributed by atoms with Crippen LogP contribution in [0.3, 0.4) is 0 Å². The summed E-state index contributed by atoms with van der Waals surface area (Å²) >= 11 is 6.41. The van der Waals surface area contributed by atoms with Gasteiger partial charge in [-0.15, -0.1) is 11.6 Å². The van der Waals surface area contributed by atoms with Gasteiger partial charge in [-0.3, -0.25) is 0 Å². The van der Waals surface area contributed by atoms with Crippen LogP contribution < -0.4 is 0 Å². The minimum absolute atomic E-state index is 0.401. The molecule has 1 nitrogen and oxygen atoms in total. The summed E-state index contributed by atoms with van der Waals surface area (Å²) in [6, 6.07) is 0. The predicted octanol–water partition coefficient (Wildman–Crippen LogP) is 4.63. The summed E-state index contributed by atoms with van der Waals surface area (Å²) in [5, 5.41) is 0.401. The van der Waals surface area contributed by atoms with Crippen LogP contribution in [0.4, 0.5) is 0 Å². The van der Waals surface area contributed by atoms with Gasteiger partial charge in [0.15, 0.2) is 0 Å². The first kappa shape index (κ1) is 14.3. The first-order chi connectivity index (χ1) is 7.77. The van der Waals surface area contributed by atoms with Gasteiger partial charge in [-0.05, 0) is 43.9 Å². The van der Waals surface area contributed by atoms with Crippen molar-refractivity contribution in [2.75, 3.05) is 13.2 Å². The molecular weight excluding hydrogens is 220 g/mol. The molecule has 0 aromatic carbocycles. The molecule has 0 saturated heterocycles. The van der Waals surface area contributed by atoms with Gasteiger partial charge in [0.1, 0.15) is 0 Å². The highest BCUT2D eigenvalue weighted by atomic mass is 35.5. The lowest BCUT2D eigenvalue weighted by Gasteiger charge is -2.33. The van der Waals surface area contributed by atoms with Crippen LogP contribution in [0.2, 0.25) is 0 Å². The zero-order valence-corrected chi connectivity index (χ0v) is 11.6. The van der Waals surface area contributed by atoms with Crippen molar-refractivity contribution in [2.45, 2.75) is 64.2 Å². The smallest absolute Gasteiger partial charge is 0.0469 e. The van der Waals surface area contributed by atoms with Crippen molar-refractivity contribution in [3.8, 4) is 0 Å². The summed E-state index contributed by atoms with van der Waals surface area (Å²) in [6.45, 7) is 6.24. The molecular formula is C14H27ClO. The third-order valence-electron chi connectivity index (χ3n) is 3.68. The molecule has 0 amide bonds. The van der Waals surface area contributed by atoms with E-state index in [4.69, 9.17) is 16.3 Å². The summed E-state index contributed by atoms with van der Waals surface area (Å²) in [5.74, 6) is 1.62. The Morgan fingerprint density at radius 2 is 1.88 bits per heavy atom. The Balaban J connectivity index is 2.21. The number of halogens is 1. The standard InChI is InChI=1S/C14H27ClO/c1-3-5-12-6-7-14(15)13(11-12)8-10-16-9-4-2/h12-14H,3-11H2,1-2H3. The lowest BCUT2D eigenvalue weighted by Crippen LogP contribution is -2.26. The van der Waals surface area contributed by atoms with Crippen LogP contribution in [0, 0.1) is 11.8 Å². The highest BCUT2D eigenvalue weighted by Gasteiger charge is 2.28. The lowest BCUT2D eigenvalue weighted by atomic mass is 9.78. The summed E-state index contributed by atoms with van der Waals surface area (Å²) in [6.07, 6.45) is 8.87. The van der Waals surface area contributed by atoms with Crippen LogP contribution in [0.15, 0.2) is 0 Å². The van der Waals surface area contributed by atoms with Crippen molar-refractivity contribution in [1.29, 1.82) is 0 Å². The van der Waals surface area contributed by atoms with Gasteiger partial charge in [0.25, 0.3) is 0 Å². The van der Waals surface area contributed by atoms with E-state index in [1.54, 1.807) is 0 Å². The van der Waals surface area contributed by atoms with Gasteiger partial charge in [0.05, 0.1) is 0 Å². The van der Waals surface area contributed by atoms with Crippen molar-refractivity contribution in [3.05, 3.63) is 0 Å².